The first-order chi connectivity index (χ1) is 4.31. The summed E-state index contributed by atoms with van der Waals surface area (Å²) in [5.41, 5.74) is 0. The second kappa shape index (κ2) is 5.60. The fourth-order valence-electron chi connectivity index (χ4n) is 0.399. The van der Waals surface area contributed by atoms with Gasteiger partial charge in [0.1, 0.15) is 12.4 Å². The summed E-state index contributed by atoms with van der Waals surface area (Å²) in [6.07, 6.45) is 2.04. The van der Waals surface area contributed by atoms with E-state index in [-0.39, 0.29) is 5.76 Å². The minimum Gasteiger partial charge on any atom is -0.496 e. The van der Waals surface area contributed by atoms with Crippen LogP contribution in [0.1, 0.15) is 19.8 Å². The van der Waals surface area contributed by atoms with Crippen molar-refractivity contribution in [3.63, 3.8) is 0 Å². The van der Waals surface area contributed by atoms with Crippen LogP contribution in [0, 0.1) is 0 Å². The second-order valence-electron chi connectivity index (χ2n) is 1.87. The molecule has 0 rings (SSSR count). The Hall–Kier alpha value is -0.530. The minimum absolute atomic E-state index is 0.239. The average molecular weight is 132 g/mol. The second-order valence-corrected chi connectivity index (χ2v) is 1.87. The Morgan fingerprint density at radius 1 is 1.67 bits per heavy atom. The Balaban J connectivity index is 2.97. The molecule has 0 fully saturated rings. The van der Waals surface area contributed by atoms with E-state index in [1.807, 2.05) is 0 Å². The quantitative estimate of drug-likeness (QED) is 0.412. The van der Waals surface area contributed by atoms with Gasteiger partial charge in [-0.05, 0) is 6.42 Å². The summed E-state index contributed by atoms with van der Waals surface area (Å²) in [6.45, 7) is 5.44. The molecule has 2 heteroatoms. The van der Waals surface area contributed by atoms with Gasteiger partial charge in [-0.3, -0.25) is 0 Å². The standard InChI is InChI=1S/C7H13FO/c1-3-4-5-9-7(2)6-8/h2-6H2,1H3. The highest BCUT2D eigenvalue weighted by Crippen LogP contribution is 1.96. The van der Waals surface area contributed by atoms with Gasteiger partial charge in [-0.1, -0.05) is 19.9 Å². The topological polar surface area (TPSA) is 9.23 Å². The van der Waals surface area contributed by atoms with Crippen molar-refractivity contribution < 1.29 is 9.13 Å². The first-order valence-corrected chi connectivity index (χ1v) is 3.17. The SMILES string of the molecule is C=C(CF)OCCCC. The van der Waals surface area contributed by atoms with Crippen molar-refractivity contribution in [2.45, 2.75) is 19.8 Å². The lowest BCUT2D eigenvalue weighted by molar-refractivity contribution is 0.187. The van der Waals surface area contributed by atoms with Crippen LogP contribution >= 0.6 is 0 Å². The number of rotatable bonds is 5. The van der Waals surface area contributed by atoms with E-state index in [0.29, 0.717) is 6.61 Å². The molecule has 0 saturated carbocycles. The highest BCUT2D eigenvalue weighted by Gasteiger charge is 1.90. The van der Waals surface area contributed by atoms with E-state index in [4.69, 9.17) is 4.74 Å². The van der Waals surface area contributed by atoms with Crippen molar-refractivity contribution in [3.05, 3.63) is 12.3 Å². The zero-order valence-electron chi connectivity index (χ0n) is 5.82. The van der Waals surface area contributed by atoms with Crippen LogP contribution in [0.4, 0.5) is 4.39 Å². The van der Waals surface area contributed by atoms with Crippen LogP contribution in [0.3, 0.4) is 0 Å². The number of hydrogen-bond acceptors (Lipinski definition) is 1. The summed E-state index contributed by atoms with van der Waals surface area (Å²) in [5.74, 6) is 0.239. The third kappa shape index (κ3) is 5.34. The molecule has 0 bridgehead atoms. The molecule has 0 aliphatic carbocycles. The van der Waals surface area contributed by atoms with Crippen LogP contribution in [-0.2, 0) is 4.74 Å². The molecule has 0 spiro atoms. The Kier molecular flexibility index (Phi) is 5.27. The third-order valence-corrected chi connectivity index (χ3v) is 0.953. The highest BCUT2D eigenvalue weighted by atomic mass is 19.1. The first-order valence-electron chi connectivity index (χ1n) is 3.17. The molecule has 0 atom stereocenters. The molecule has 0 aromatic rings. The van der Waals surface area contributed by atoms with Gasteiger partial charge in [0.15, 0.2) is 0 Å². The van der Waals surface area contributed by atoms with E-state index in [1.54, 1.807) is 0 Å². The molecule has 0 aliphatic heterocycles. The molecule has 0 aliphatic rings. The van der Waals surface area contributed by atoms with E-state index in [1.165, 1.54) is 0 Å². The molecule has 0 unspecified atom stereocenters. The summed E-state index contributed by atoms with van der Waals surface area (Å²) in [5, 5.41) is 0. The average Bonchev–Trinajstić information content (AvgIpc) is 1.89. The van der Waals surface area contributed by atoms with Gasteiger partial charge >= 0.3 is 0 Å². The van der Waals surface area contributed by atoms with Gasteiger partial charge in [-0.15, -0.1) is 0 Å². The van der Waals surface area contributed by atoms with Crippen molar-refractivity contribution in [2.24, 2.45) is 0 Å². The maximum absolute atomic E-state index is 11.6. The molecule has 0 aromatic heterocycles. The molecular formula is C7H13FO. The predicted octanol–water partition coefficient (Wildman–Crippen LogP) is 2.29. The maximum Gasteiger partial charge on any atom is 0.146 e. The summed E-state index contributed by atoms with van der Waals surface area (Å²) >= 11 is 0. The van der Waals surface area contributed by atoms with E-state index >= 15 is 0 Å². The van der Waals surface area contributed by atoms with Gasteiger partial charge < -0.3 is 4.74 Å². The molecule has 54 valence electrons. The van der Waals surface area contributed by atoms with Gasteiger partial charge in [0.05, 0.1) is 6.61 Å². The van der Waals surface area contributed by atoms with Gasteiger partial charge in [0.25, 0.3) is 0 Å². The van der Waals surface area contributed by atoms with E-state index < -0.39 is 6.67 Å². The van der Waals surface area contributed by atoms with E-state index in [0.717, 1.165) is 12.8 Å². The van der Waals surface area contributed by atoms with Crippen LogP contribution in [0.25, 0.3) is 0 Å². The molecular weight excluding hydrogens is 119 g/mol. The molecule has 0 N–H and O–H groups in total. The first kappa shape index (κ1) is 8.47. The molecule has 0 radical (unpaired) electrons. The molecule has 0 heterocycles. The Morgan fingerprint density at radius 3 is 2.78 bits per heavy atom. The number of alkyl halides is 1. The zero-order chi connectivity index (χ0) is 7.11. The zero-order valence-corrected chi connectivity index (χ0v) is 5.82. The van der Waals surface area contributed by atoms with Gasteiger partial charge in [0.2, 0.25) is 0 Å². The van der Waals surface area contributed by atoms with Crippen molar-refractivity contribution in [2.75, 3.05) is 13.3 Å². The van der Waals surface area contributed by atoms with Gasteiger partial charge in [0, 0.05) is 0 Å². The van der Waals surface area contributed by atoms with Crippen LogP contribution < -0.4 is 0 Å². The highest BCUT2D eigenvalue weighted by molar-refractivity contribution is 4.80. The number of hydrogen-bond donors (Lipinski definition) is 0. The smallest absolute Gasteiger partial charge is 0.146 e. The molecule has 0 aromatic carbocycles. The van der Waals surface area contributed by atoms with Crippen molar-refractivity contribution in [1.82, 2.24) is 0 Å². The van der Waals surface area contributed by atoms with Crippen molar-refractivity contribution in [1.29, 1.82) is 0 Å². The number of halogens is 1. The monoisotopic (exact) mass is 132 g/mol. The van der Waals surface area contributed by atoms with Crippen LogP contribution in [0.2, 0.25) is 0 Å². The fraction of sp³-hybridized carbons (Fsp3) is 0.714. The van der Waals surface area contributed by atoms with Gasteiger partial charge in [-0.2, -0.15) is 0 Å². The Labute approximate surface area is 55.5 Å². The lowest BCUT2D eigenvalue weighted by atomic mass is 10.4. The fourth-order valence-corrected chi connectivity index (χ4v) is 0.399. The van der Waals surface area contributed by atoms with Crippen LogP contribution in [0.15, 0.2) is 12.3 Å². The predicted molar refractivity (Wildman–Crippen MR) is 36.0 cm³/mol. The summed E-state index contributed by atoms with van der Waals surface area (Å²) in [4.78, 5) is 0. The Bertz CT molecular complexity index is 81.0. The lowest BCUT2D eigenvalue weighted by Crippen LogP contribution is -1.94. The molecule has 9 heavy (non-hydrogen) atoms. The lowest BCUT2D eigenvalue weighted by Gasteiger charge is -2.02. The summed E-state index contributed by atoms with van der Waals surface area (Å²) < 4.78 is 16.5. The normalized spacial score (nSPS) is 9.11. The summed E-state index contributed by atoms with van der Waals surface area (Å²) in [7, 11) is 0. The number of unbranched alkanes of at least 4 members (excludes halogenated alkanes) is 1. The van der Waals surface area contributed by atoms with E-state index in [2.05, 4.69) is 13.5 Å². The van der Waals surface area contributed by atoms with Crippen molar-refractivity contribution >= 4 is 0 Å². The largest absolute Gasteiger partial charge is 0.496 e. The molecule has 0 saturated heterocycles. The maximum atomic E-state index is 11.6. The van der Waals surface area contributed by atoms with E-state index in [9.17, 15) is 4.39 Å². The number of allylic oxidation sites excluding steroid dienone is 1. The molecule has 1 nitrogen and oxygen atoms in total. The Morgan fingerprint density at radius 2 is 2.33 bits per heavy atom. The van der Waals surface area contributed by atoms with Crippen LogP contribution in [0.5, 0.6) is 0 Å². The van der Waals surface area contributed by atoms with Gasteiger partial charge in [-0.25, -0.2) is 4.39 Å². The number of ether oxygens (including phenoxy) is 1. The molecule has 0 amide bonds. The minimum atomic E-state index is -0.566. The third-order valence-electron chi connectivity index (χ3n) is 0.953. The summed E-state index contributed by atoms with van der Waals surface area (Å²) in [6, 6.07) is 0. The van der Waals surface area contributed by atoms with Crippen molar-refractivity contribution in [3.8, 4) is 0 Å². The van der Waals surface area contributed by atoms with Crippen LogP contribution in [-0.4, -0.2) is 13.3 Å².